The molecule has 1 aromatic heterocycles. The molecule has 0 aliphatic heterocycles. The fourth-order valence-electron chi connectivity index (χ4n) is 3.23. The minimum Gasteiger partial charge on any atom is -0.361 e. The van der Waals surface area contributed by atoms with E-state index in [-0.39, 0.29) is 11.4 Å². The van der Waals surface area contributed by atoms with E-state index < -0.39 is 0 Å². The number of amides is 1. The quantitative estimate of drug-likeness (QED) is 0.851. The van der Waals surface area contributed by atoms with Gasteiger partial charge in [-0.3, -0.25) is 4.79 Å². The van der Waals surface area contributed by atoms with E-state index in [0.29, 0.717) is 12.8 Å². The normalized spacial score (nSPS) is 16.0. The molecule has 23 heavy (non-hydrogen) atoms. The SMILES string of the molecule is Cc1noc(C)c1CCC(=O)NC1(c2cccc(Br)c2)CCC1. The minimum atomic E-state index is -0.195. The van der Waals surface area contributed by atoms with Crippen LogP contribution in [0.5, 0.6) is 0 Å². The molecule has 0 radical (unpaired) electrons. The van der Waals surface area contributed by atoms with Gasteiger partial charge in [0.2, 0.25) is 5.91 Å². The third kappa shape index (κ3) is 3.34. The van der Waals surface area contributed by atoms with Gasteiger partial charge in [0.05, 0.1) is 11.2 Å². The standard InChI is InChI=1S/C18H21BrN2O2/c1-12-16(13(2)23-21-12)7-8-17(22)20-18(9-4-10-18)14-5-3-6-15(19)11-14/h3,5-6,11H,4,7-10H2,1-2H3,(H,20,22). The maximum atomic E-state index is 12.5. The number of halogens is 1. The molecule has 122 valence electrons. The van der Waals surface area contributed by atoms with E-state index in [4.69, 9.17) is 4.52 Å². The van der Waals surface area contributed by atoms with E-state index in [0.717, 1.165) is 40.8 Å². The summed E-state index contributed by atoms with van der Waals surface area (Å²) in [6.45, 7) is 3.81. The van der Waals surface area contributed by atoms with Crippen molar-refractivity contribution in [3.63, 3.8) is 0 Å². The van der Waals surface area contributed by atoms with Crippen molar-refractivity contribution in [1.82, 2.24) is 10.5 Å². The molecule has 3 rings (SSSR count). The zero-order valence-electron chi connectivity index (χ0n) is 13.5. The summed E-state index contributed by atoms with van der Waals surface area (Å²) in [5.74, 6) is 0.894. The maximum Gasteiger partial charge on any atom is 0.221 e. The second-order valence-corrected chi connectivity index (χ2v) is 7.21. The second-order valence-electron chi connectivity index (χ2n) is 6.30. The molecule has 0 atom stereocenters. The number of carbonyl (C=O) groups excluding carboxylic acids is 1. The van der Waals surface area contributed by atoms with E-state index in [9.17, 15) is 4.79 Å². The van der Waals surface area contributed by atoms with Gasteiger partial charge in [-0.25, -0.2) is 0 Å². The topological polar surface area (TPSA) is 55.1 Å². The number of aromatic nitrogens is 1. The van der Waals surface area contributed by atoms with Crippen LogP contribution in [0.4, 0.5) is 0 Å². The monoisotopic (exact) mass is 376 g/mol. The molecule has 1 heterocycles. The molecular formula is C18H21BrN2O2. The molecule has 1 aromatic carbocycles. The van der Waals surface area contributed by atoms with Gasteiger partial charge in [-0.1, -0.05) is 33.2 Å². The highest BCUT2D eigenvalue weighted by Crippen LogP contribution is 2.42. The molecule has 2 aromatic rings. The summed E-state index contributed by atoms with van der Waals surface area (Å²) in [7, 11) is 0. The molecule has 1 N–H and O–H groups in total. The smallest absolute Gasteiger partial charge is 0.221 e. The molecule has 4 nitrogen and oxygen atoms in total. The summed E-state index contributed by atoms with van der Waals surface area (Å²) in [4.78, 5) is 12.5. The zero-order valence-corrected chi connectivity index (χ0v) is 15.1. The molecule has 1 aliphatic rings. The van der Waals surface area contributed by atoms with Crippen LogP contribution in [0, 0.1) is 13.8 Å². The van der Waals surface area contributed by atoms with Gasteiger partial charge in [0.25, 0.3) is 0 Å². The van der Waals surface area contributed by atoms with E-state index in [1.807, 2.05) is 26.0 Å². The Bertz CT molecular complexity index is 700. The molecule has 1 aliphatic carbocycles. The fourth-order valence-corrected chi connectivity index (χ4v) is 3.63. The Morgan fingerprint density at radius 3 is 2.74 bits per heavy atom. The Kier molecular flexibility index (Phi) is 4.57. The lowest BCUT2D eigenvalue weighted by Crippen LogP contribution is -2.50. The van der Waals surface area contributed by atoms with Gasteiger partial charge >= 0.3 is 0 Å². The number of hydrogen-bond donors (Lipinski definition) is 1. The fraction of sp³-hybridized carbons (Fsp3) is 0.444. The van der Waals surface area contributed by atoms with Gasteiger partial charge in [-0.2, -0.15) is 0 Å². The summed E-state index contributed by atoms with van der Waals surface area (Å²) < 4.78 is 6.20. The number of benzene rings is 1. The van der Waals surface area contributed by atoms with E-state index in [1.165, 1.54) is 5.56 Å². The van der Waals surface area contributed by atoms with Gasteiger partial charge < -0.3 is 9.84 Å². The van der Waals surface area contributed by atoms with Crippen LogP contribution in [-0.4, -0.2) is 11.1 Å². The first kappa shape index (κ1) is 16.2. The van der Waals surface area contributed by atoms with Gasteiger partial charge in [-0.05, 0) is 57.2 Å². The summed E-state index contributed by atoms with van der Waals surface area (Å²) in [5.41, 5.74) is 2.91. The average molecular weight is 377 g/mol. The van der Waals surface area contributed by atoms with Crippen LogP contribution < -0.4 is 5.32 Å². The van der Waals surface area contributed by atoms with Gasteiger partial charge in [-0.15, -0.1) is 0 Å². The summed E-state index contributed by atoms with van der Waals surface area (Å²) >= 11 is 3.52. The van der Waals surface area contributed by atoms with Crippen molar-refractivity contribution in [2.24, 2.45) is 0 Å². The van der Waals surface area contributed by atoms with Crippen LogP contribution in [0.25, 0.3) is 0 Å². The highest BCUT2D eigenvalue weighted by atomic mass is 79.9. The van der Waals surface area contributed by atoms with Gasteiger partial charge in [0, 0.05) is 16.5 Å². The Balaban J connectivity index is 1.66. The lowest BCUT2D eigenvalue weighted by molar-refractivity contribution is -0.124. The van der Waals surface area contributed by atoms with Crippen LogP contribution >= 0.6 is 15.9 Å². The van der Waals surface area contributed by atoms with Crippen molar-refractivity contribution in [3.8, 4) is 0 Å². The summed E-state index contributed by atoms with van der Waals surface area (Å²) in [6, 6.07) is 8.23. The van der Waals surface area contributed by atoms with Crippen LogP contribution in [0.15, 0.2) is 33.3 Å². The predicted molar refractivity (Wildman–Crippen MR) is 92.1 cm³/mol. The van der Waals surface area contributed by atoms with E-state index in [1.54, 1.807) is 0 Å². The van der Waals surface area contributed by atoms with Crippen molar-refractivity contribution in [2.75, 3.05) is 0 Å². The highest BCUT2D eigenvalue weighted by Gasteiger charge is 2.39. The molecule has 1 amide bonds. The van der Waals surface area contributed by atoms with Crippen molar-refractivity contribution >= 4 is 21.8 Å². The van der Waals surface area contributed by atoms with E-state index in [2.05, 4.69) is 38.5 Å². The van der Waals surface area contributed by atoms with Crippen LogP contribution in [-0.2, 0) is 16.8 Å². The van der Waals surface area contributed by atoms with Crippen LogP contribution in [0.1, 0.15) is 48.3 Å². The molecular weight excluding hydrogens is 356 g/mol. The molecule has 0 saturated heterocycles. The summed E-state index contributed by atoms with van der Waals surface area (Å²) in [5, 5.41) is 7.21. The second kappa shape index (κ2) is 6.48. The molecule has 0 bridgehead atoms. The third-order valence-corrected chi connectivity index (χ3v) is 5.24. The van der Waals surface area contributed by atoms with Gasteiger partial charge in [0.15, 0.2) is 0 Å². The average Bonchev–Trinajstić information content (AvgIpc) is 2.80. The van der Waals surface area contributed by atoms with Gasteiger partial charge in [0.1, 0.15) is 5.76 Å². The van der Waals surface area contributed by atoms with Crippen LogP contribution in [0.2, 0.25) is 0 Å². The maximum absolute atomic E-state index is 12.5. The Hall–Kier alpha value is -1.62. The van der Waals surface area contributed by atoms with Crippen molar-refractivity contribution in [1.29, 1.82) is 0 Å². The van der Waals surface area contributed by atoms with Crippen molar-refractivity contribution in [3.05, 3.63) is 51.3 Å². The number of carbonyl (C=O) groups is 1. The van der Waals surface area contributed by atoms with Crippen molar-refractivity contribution < 1.29 is 9.32 Å². The van der Waals surface area contributed by atoms with Crippen molar-refractivity contribution in [2.45, 2.75) is 51.5 Å². The first-order chi connectivity index (χ1) is 11.0. The first-order valence-corrected chi connectivity index (χ1v) is 8.78. The number of hydrogen-bond acceptors (Lipinski definition) is 3. The van der Waals surface area contributed by atoms with E-state index >= 15 is 0 Å². The lowest BCUT2D eigenvalue weighted by Gasteiger charge is -2.43. The van der Waals surface area contributed by atoms with Crippen LogP contribution in [0.3, 0.4) is 0 Å². The molecule has 5 heteroatoms. The first-order valence-electron chi connectivity index (χ1n) is 7.99. The molecule has 0 unspecified atom stereocenters. The number of rotatable bonds is 5. The number of aryl methyl sites for hydroxylation is 2. The Morgan fingerprint density at radius 1 is 1.39 bits per heavy atom. The molecule has 0 spiro atoms. The zero-order chi connectivity index (χ0) is 16.4. The number of nitrogens with one attached hydrogen (secondary N) is 1. The Labute approximate surface area is 144 Å². The predicted octanol–water partition coefficient (Wildman–Crippen LogP) is 4.18. The lowest BCUT2D eigenvalue weighted by atomic mass is 9.71. The Morgan fingerprint density at radius 2 is 2.17 bits per heavy atom. The molecule has 1 fully saturated rings. The third-order valence-electron chi connectivity index (χ3n) is 4.75. The summed E-state index contributed by atoms with van der Waals surface area (Å²) in [6.07, 6.45) is 4.28. The number of nitrogens with zero attached hydrogens (tertiary/aromatic N) is 1. The molecule has 1 saturated carbocycles. The highest BCUT2D eigenvalue weighted by molar-refractivity contribution is 9.10. The largest absolute Gasteiger partial charge is 0.361 e. The minimum absolute atomic E-state index is 0.0877.